The summed E-state index contributed by atoms with van der Waals surface area (Å²) >= 11 is 0. The molecule has 0 atom stereocenters. The zero-order valence-corrected chi connectivity index (χ0v) is 10.5. The summed E-state index contributed by atoms with van der Waals surface area (Å²) in [7, 11) is 0. The Balaban J connectivity index is 3.37. The van der Waals surface area contributed by atoms with Crippen LogP contribution in [0.25, 0.3) is 0 Å². The van der Waals surface area contributed by atoms with Gasteiger partial charge in [-0.1, -0.05) is 20.8 Å². The summed E-state index contributed by atoms with van der Waals surface area (Å²) in [5, 5.41) is 17.4. The maximum Gasteiger partial charge on any atom is 0.159 e. The lowest BCUT2D eigenvalue weighted by Crippen LogP contribution is -2.31. The number of aromatic nitrogens is 3. The van der Waals surface area contributed by atoms with E-state index in [2.05, 4.69) is 51.7 Å². The lowest BCUT2D eigenvalue weighted by atomic mass is 9.94. The minimum Gasteiger partial charge on any atom is -0.388 e. The number of hydrogen-bond donors (Lipinski definition) is 1. The molecule has 1 N–H and O–H groups in total. The highest BCUT2D eigenvalue weighted by Gasteiger charge is 2.29. The van der Waals surface area contributed by atoms with Crippen molar-refractivity contribution in [2.24, 2.45) is 0 Å². The van der Waals surface area contributed by atoms with Crippen LogP contribution < -0.4 is 0 Å². The molecule has 0 aromatic carbocycles. The van der Waals surface area contributed by atoms with Gasteiger partial charge in [-0.25, -0.2) is 0 Å². The molecule has 0 aliphatic rings. The predicted molar refractivity (Wildman–Crippen MR) is 59.6 cm³/mol. The summed E-state index contributed by atoms with van der Waals surface area (Å²) in [5.74, 6) is 1.55. The minimum atomic E-state index is -0.107. The van der Waals surface area contributed by atoms with E-state index in [-0.39, 0.29) is 17.6 Å². The van der Waals surface area contributed by atoms with E-state index < -0.39 is 0 Å². The second-order valence-corrected chi connectivity index (χ2v) is 5.85. The zero-order chi connectivity index (χ0) is 11.9. The molecule has 0 fully saturated rings. The van der Waals surface area contributed by atoms with E-state index in [1.54, 1.807) is 0 Å². The van der Waals surface area contributed by atoms with Crippen molar-refractivity contribution < 1.29 is 5.11 Å². The lowest BCUT2D eigenvalue weighted by molar-refractivity contribution is 0.244. The van der Waals surface area contributed by atoms with Gasteiger partial charge in [0.15, 0.2) is 5.82 Å². The molecule has 0 saturated carbocycles. The Morgan fingerprint density at radius 2 is 1.60 bits per heavy atom. The van der Waals surface area contributed by atoms with Crippen molar-refractivity contribution in [1.29, 1.82) is 0 Å². The summed E-state index contributed by atoms with van der Waals surface area (Å²) < 4.78 is 2.02. The molecule has 0 spiro atoms. The number of nitrogens with zero attached hydrogens (tertiary/aromatic N) is 3. The molecular weight excluding hydrogens is 190 g/mol. The van der Waals surface area contributed by atoms with Crippen LogP contribution in [0.3, 0.4) is 0 Å². The Labute approximate surface area is 91.3 Å². The van der Waals surface area contributed by atoms with Crippen LogP contribution in [0.4, 0.5) is 0 Å². The van der Waals surface area contributed by atoms with E-state index >= 15 is 0 Å². The molecule has 1 rings (SSSR count). The standard InChI is InChI=1S/C11H21N3O/c1-10(2,3)9-13-12-8(7-15)14(9)11(4,5)6/h15H,7H2,1-6H3. The number of aliphatic hydroxyl groups is 1. The van der Waals surface area contributed by atoms with Gasteiger partial charge in [0, 0.05) is 11.0 Å². The maximum atomic E-state index is 9.24. The van der Waals surface area contributed by atoms with Gasteiger partial charge >= 0.3 is 0 Å². The highest BCUT2D eigenvalue weighted by Crippen LogP contribution is 2.27. The molecule has 0 saturated heterocycles. The highest BCUT2D eigenvalue weighted by molar-refractivity contribution is 5.09. The van der Waals surface area contributed by atoms with Crippen molar-refractivity contribution >= 4 is 0 Å². The summed E-state index contributed by atoms with van der Waals surface area (Å²) in [6, 6.07) is 0. The van der Waals surface area contributed by atoms with Gasteiger partial charge < -0.3 is 9.67 Å². The third-order valence-corrected chi connectivity index (χ3v) is 2.21. The normalized spacial score (nSPS) is 13.3. The first-order valence-electron chi connectivity index (χ1n) is 5.24. The van der Waals surface area contributed by atoms with E-state index in [4.69, 9.17) is 0 Å². The Bertz CT molecular complexity index is 342. The second-order valence-electron chi connectivity index (χ2n) is 5.85. The van der Waals surface area contributed by atoms with Gasteiger partial charge in [0.05, 0.1) is 0 Å². The van der Waals surface area contributed by atoms with E-state index in [1.807, 2.05) is 4.57 Å². The van der Waals surface area contributed by atoms with E-state index in [9.17, 15) is 5.11 Å². The molecule has 0 aliphatic carbocycles. The average Bonchev–Trinajstić information content (AvgIpc) is 2.44. The largest absolute Gasteiger partial charge is 0.388 e. The van der Waals surface area contributed by atoms with Crippen LogP contribution in [-0.2, 0) is 17.6 Å². The van der Waals surface area contributed by atoms with E-state index in [0.29, 0.717) is 5.82 Å². The van der Waals surface area contributed by atoms with Gasteiger partial charge in [-0.05, 0) is 20.8 Å². The first-order chi connectivity index (χ1) is 6.68. The minimum absolute atomic E-state index is 0.0618. The SMILES string of the molecule is CC(C)(C)c1nnc(CO)n1C(C)(C)C. The first-order valence-corrected chi connectivity index (χ1v) is 5.24. The van der Waals surface area contributed by atoms with Crippen molar-refractivity contribution in [3.05, 3.63) is 11.6 Å². The van der Waals surface area contributed by atoms with Crippen LogP contribution in [0.1, 0.15) is 53.2 Å². The Kier molecular flexibility index (Phi) is 2.92. The van der Waals surface area contributed by atoms with Crippen LogP contribution in [0.2, 0.25) is 0 Å². The molecule has 4 heteroatoms. The Morgan fingerprint density at radius 1 is 1.07 bits per heavy atom. The number of aliphatic hydroxyl groups excluding tert-OH is 1. The van der Waals surface area contributed by atoms with Crippen LogP contribution in [-0.4, -0.2) is 19.9 Å². The fourth-order valence-corrected chi connectivity index (χ4v) is 1.61. The first kappa shape index (κ1) is 12.2. The molecule has 0 aliphatic heterocycles. The molecule has 4 nitrogen and oxygen atoms in total. The number of rotatable bonds is 1. The van der Waals surface area contributed by atoms with Crippen molar-refractivity contribution in [3.63, 3.8) is 0 Å². The monoisotopic (exact) mass is 211 g/mol. The molecule has 0 unspecified atom stereocenters. The summed E-state index contributed by atoms with van der Waals surface area (Å²) in [4.78, 5) is 0. The Hall–Kier alpha value is -0.900. The second kappa shape index (κ2) is 3.59. The third-order valence-electron chi connectivity index (χ3n) is 2.21. The van der Waals surface area contributed by atoms with Gasteiger partial charge in [-0.15, -0.1) is 10.2 Å². The molecule has 86 valence electrons. The smallest absolute Gasteiger partial charge is 0.159 e. The molecular formula is C11H21N3O. The summed E-state index contributed by atoms with van der Waals surface area (Å²) in [6.45, 7) is 12.5. The number of hydrogen-bond acceptors (Lipinski definition) is 3. The highest BCUT2D eigenvalue weighted by atomic mass is 16.3. The molecule has 1 aromatic heterocycles. The zero-order valence-electron chi connectivity index (χ0n) is 10.5. The summed E-state index contributed by atoms with van der Waals surface area (Å²) in [6.07, 6.45) is 0. The van der Waals surface area contributed by atoms with Gasteiger partial charge in [0.2, 0.25) is 0 Å². The molecule has 1 heterocycles. The molecule has 0 radical (unpaired) electrons. The predicted octanol–water partition coefficient (Wildman–Crippen LogP) is 1.82. The van der Waals surface area contributed by atoms with Crippen LogP contribution >= 0.6 is 0 Å². The third kappa shape index (κ3) is 2.37. The van der Waals surface area contributed by atoms with Gasteiger partial charge in [-0.2, -0.15) is 0 Å². The lowest BCUT2D eigenvalue weighted by Gasteiger charge is -2.29. The molecule has 1 aromatic rings. The van der Waals surface area contributed by atoms with Crippen molar-refractivity contribution in [1.82, 2.24) is 14.8 Å². The van der Waals surface area contributed by atoms with Crippen molar-refractivity contribution in [2.75, 3.05) is 0 Å². The topological polar surface area (TPSA) is 50.9 Å². The molecule has 0 bridgehead atoms. The van der Waals surface area contributed by atoms with E-state index in [0.717, 1.165) is 5.82 Å². The van der Waals surface area contributed by atoms with Gasteiger partial charge in [-0.3, -0.25) is 0 Å². The Morgan fingerprint density at radius 3 is 1.93 bits per heavy atom. The van der Waals surface area contributed by atoms with Crippen LogP contribution in [0, 0.1) is 0 Å². The average molecular weight is 211 g/mol. The maximum absolute atomic E-state index is 9.24. The molecule has 15 heavy (non-hydrogen) atoms. The fourth-order valence-electron chi connectivity index (χ4n) is 1.61. The molecule has 0 amide bonds. The summed E-state index contributed by atoms with van der Waals surface area (Å²) in [5.41, 5.74) is -0.169. The van der Waals surface area contributed by atoms with Crippen molar-refractivity contribution in [2.45, 2.75) is 59.1 Å². The van der Waals surface area contributed by atoms with Crippen molar-refractivity contribution in [3.8, 4) is 0 Å². The van der Waals surface area contributed by atoms with Crippen LogP contribution in [0.15, 0.2) is 0 Å². The van der Waals surface area contributed by atoms with Crippen LogP contribution in [0.5, 0.6) is 0 Å². The van der Waals surface area contributed by atoms with Gasteiger partial charge in [0.25, 0.3) is 0 Å². The van der Waals surface area contributed by atoms with Gasteiger partial charge in [0.1, 0.15) is 12.4 Å². The fraction of sp³-hybridized carbons (Fsp3) is 0.818. The quantitative estimate of drug-likeness (QED) is 0.771. The van der Waals surface area contributed by atoms with E-state index in [1.165, 1.54) is 0 Å².